The smallest absolute Gasteiger partial charge is 0.127 e. The molecule has 0 N–H and O–H groups in total. The van der Waals surface area contributed by atoms with Crippen molar-refractivity contribution in [3.05, 3.63) is 206 Å². The lowest BCUT2D eigenvalue weighted by Gasteiger charge is -2.13. The van der Waals surface area contributed by atoms with Gasteiger partial charge in [-0.05, 0) is 111 Å². The molecule has 1 aromatic heterocycles. The maximum Gasteiger partial charge on any atom is 0.127 e. The topological polar surface area (TPSA) is 14.2 Å². The minimum atomic E-state index is 0.495. The fraction of sp³-hybridized carbons (Fsp3) is 0.0204. The minimum Gasteiger partial charge on any atom is -0.489 e. The molecule has 2 heteroatoms. The van der Waals surface area contributed by atoms with Crippen molar-refractivity contribution in [2.75, 3.05) is 6.61 Å². The summed E-state index contributed by atoms with van der Waals surface area (Å²) < 4.78 is 8.61. The normalized spacial score (nSPS) is 14.5. The lowest BCUT2D eigenvalue weighted by atomic mass is 9.95. The second kappa shape index (κ2) is 13.0. The summed E-state index contributed by atoms with van der Waals surface area (Å²) in [6.07, 6.45) is 6.34. The van der Waals surface area contributed by atoms with E-state index in [1.54, 1.807) is 0 Å². The fourth-order valence-electron chi connectivity index (χ4n) is 7.29. The van der Waals surface area contributed by atoms with Crippen LogP contribution in [0.4, 0.5) is 0 Å². The average Bonchev–Trinajstić information content (AvgIpc) is 3.56. The van der Waals surface area contributed by atoms with Gasteiger partial charge in [-0.25, -0.2) is 0 Å². The molecule has 2 heterocycles. The van der Waals surface area contributed by atoms with Gasteiger partial charge < -0.3 is 9.30 Å². The third kappa shape index (κ3) is 5.77. The summed E-state index contributed by atoms with van der Waals surface area (Å²) in [5.74, 6) is 0.839. The van der Waals surface area contributed by atoms with Crippen LogP contribution in [0.2, 0.25) is 0 Å². The second-order valence-electron chi connectivity index (χ2n) is 13.0. The number of fused-ring (bicyclic) bond motifs is 4. The standard InChI is InChI=1S/C49H35NO/c1-34-29-37(35-13-4-2-5-14-35)20-12-28-51-49-27-25-42(32-45(34)49)41-24-26-48-46(33-41)44-22-8-9-23-47(44)50(48)43-21-11-19-40(31-43)39-18-10-17-38(30-39)36-15-6-3-7-16-36/h2-27,29-33H,1,28H2/b20-12-,37-29+. The Morgan fingerprint density at radius 1 is 0.471 bits per heavy atom. The third-order valence-corrected chi connectivity index (χ3v) is 9.81. The van der Waals surface area contributed by atoms with Gasteiger partial charge in [0.2, 0.25) is 0 Å². The molecule has 1 aliphatic heterocycles. The Morgan fingerprint density at radius 3 is 1.90 bits per heavy atom. The van der Waals surface area contributed by atoms with Crippen LogP contribution in [0.15, 0.2) is 195 Å². The number of hydrogen-bond acceptors (Lipinski definition) is 1. The minimum absolute atomic E-state index is 0.495. The van der Waals surface area contributed by atoms with Gasteiger partial charge in [-0.2, -0.15) is 0 Å². The van der Waals surface area contributed by atoms with Crippen LogP contribution in [0.25, 0.3) is 72.0 Å². The van der Waals surface area contributed by atoms with Crippen molar-refractivity contribution in [2.45, 2.75) is 0 Å². The van der Waals surface area contributed by atoms with E-state index in [1.165, 1.54) is 44.1 Å². The van der Waals surface area contributed by atoms with Crippen LogP contribution in [0, 0.1) is 0 Å². The fourth-order valence-corrected chi connectivity index (χ4v) is 7.29. The lowest BCUT2D eigenvalue weighted by Crippen LogP contribution is -1.97. The average molecular weight is 654 g/mol. The predicted molar refractivity (Wildman–Crippen MR) is 215 cm³/mol. The van der Waals surface area contributed by atoms with Crippen molar-refractivity contribution in [2.24, 2.45) is 0 Å². The zero-order valence-corrected chi connectivity index (χ0v) is 28.2. The molecule has 0 aliphatic carbocycles. The summed E-state index contributed by atoms with van der Waals surface area (Å²) in [6.45, 7) is 4.99. The lowest BCUT2D eigenvalue weighted by molar-refractivity contribution is 0.362. The number of rotatable bonds is 5. The van der Waals surface area contributed by atoms with E-state index in [0.717, 1.165) is 44.8 Å². The Labute approximate surface area is 298 Å². The van der Waals surface area contributed by atoms with Gasteiger partial charge in [0, 0.05) is 22.0 Å². The van der Waals surface area contributed by atoms with E-state index >= 15 is 0 Å². The maximum absolute atomic E-state index is 6.22. The third-order valence-electron chi connectivity index (χ3n) is 9.81. The van der Waals surface area contributed by atoms with Crippen molar-refractivity contribution < 1.29 is 4.74 Å². The van der Waals surface area contributed by atoms with Gasteiger partial charge in [-0.15, -0.1) is 0 Å². The molecular weight excluding hydrogens is 619 g/mol. The molecule has 7 aromatic carbocycles. The van der Waals surface area contributed by atoms with Crippen LogP contribution in [-0.4, -0.2) is 11.2 Å². The van der Waals surface area contributed by atoms with Gasteiger partial charge in [0.25, 0.3) is 0 Å². The van der Waals surface area contributed by atoms with Gasteiger partial charge in [-0.1, -0.05) is 134 Å². The first-order valence-electron chi connectivity index (χ1n) is 17.4. The predicted octanol–water partition coefficient (Wildman–Crippen LogP) is 12.8. The molecule has 2 nitrogen and oxygen atoms in total. The van der Waals surface area contributed by atoms with Crippen molar-refractivity contribution in [3.8, 4) is 44.8 Å². The van der Waals surface area contributed by atoms with Crippen molar-refractivity contribution >= 4 is 33.0 Å². The van der Waals surface area contributed by atoms with E-state index in [0.29, 0.717) is 6.61 Å². The number of ether oxygens (including phenoxy) is 1. The molecule has 0 radical (unpaired) electrons. The highest BCUT2D eigenvalue weighted by molar-refractivity contribution is 6.10. The van der Waals surface area contributed by atoms with Crippen molar-refractivity contribution in [1.82, 2.24) is 4.57 Å². The molecule has 0 unspecified atom stereocenters. The first kappa shape index (κ1) is 30.4. The molecule has 0 saturated heterocycles. The number of para-hydroxylation sites is 1. The molecule has 0 fully saturated rings. The quantitative estimate of drug-likeness (QED) is 0.180. The highest BCUT2D eigenvalue weighted by Gasteiger charge is 2.16. The Morgan fingerprint density at radius 2 is 1.08 bits per heavy atom. The van der Waals surface area contributed by atoms with Crippen LogP contribution in [-0.2, 0) is 0 Å². The number of allylic oxidation sites excluding steroid dienone is 4. The van der Waals surface area contributed by atoms with Gasteiger partial charge in [-0.3, -0.25) is 0 Å². The summed E-state index contributed by atoms with van der Waals surface area (Å²) in [7, 11) is 0. The Balaban J connectivity index is 1.12. The molecule has 51 heavy (non-hydrogen) atoms. The van der Waals surface area contributed by atoms with E-state index in [2.05, 4.69) is 193 Å². The Hall–Kier alpha value is -6.64. The van der Waals surface area contributed by atoms with Crippen molar-refractivity contribution in [3.63, 3.8) is 0 Å². The number of nitrogens with zero attached hydrogens (tertiary/aromatic N) is 1. The second-order valence-corrected chi connectivity index (χ2v) is 13.0. The van der Waals surface area contributed by atoms with Crippen LogP contribution >= 0.6 is 0 Å². The molecule has 0 spiro atoms. The van der Waals surface area contributed by atoms with E-state index in [1.807, 2.05) is 6.07 Å². The highest BCUT2D eigenvalue weighted by atomic mass is 16.5. The SMILES string of the molecule is C=C1/C=C(c2ccccc2)\C=C/COc2ccc(-c3ccc4c(c3)c3ccccc3n4-c3cccc(-c4cccc(-c5ccccc5)c4)c3)cc21. The summed E-state index contributed by atoms with van der Waals surface area (Å²) >= 11 is 0. The van der Waals surface area contributed by atoms with E-state index < -0.39 is 0 Å². The monoisotopic (exact) mass is 653 g/mol. The van der Waals surface area contributed by atoms with Gasteiger partial charge in [0.15, 0.2) is 0 Å². The number of benzene rings is 7. The molecule has 242 valence electrons. The molecule has 1 aliphatic rings. The van der Waals surface area contributed by atoms with E-state index in [9.17, 15) is 0 Å². The number of aromatic nitrogens is 1. The van der Waals surface area contributed by atoms with Crippen LogP contribution in [0.5, 0.6) is 5.75 Å². The van der Waals surface area contributed by atoms with Gasteiger partial charge >= 0.3 is 0 Å². The summed E-state index contributed by atoms with van der Waals surface area (Å²) in [5.41, 5.74) is 14.8. The molecular formula is C49H35NO. The molecule has 0 saturated carbocycles. The summed E-state index contributed by atoms with van der Waals surface area (Å²) in [4.78, 5) is 0. The van der Waals surface area contributed by atoms with E-state index in [4.69, 9.17) is 4.74 Å². The zero-order chi connectivity index (χ0) is 34.1. The Kier molecular flexibility index (Phi) is 7.75. The molecule has 8 aromatic rings. The van der Waals surface area contributed by atoms with Crippen LogP contribution < -0.4 is 4.74 Å². The molecule has 0 atom stereocenters. The Bertz CT molecular complexity index is 2640. The summed E-state index contributed by atoms with van der Waals surface area (Å²) in [6, 6.07) is 60.7. The molecule has 0 amide bonds. The molecule has 0 bridgehead atoms. The van der Waals surface area contributed by atoms with Gasteiger partial charge in [0.1, 0.15) is 12.4 Å². The maximum atomic E-state index is 6.22. The van der Waals surface area contributed by atoms with Crippen LogP contribution in [0.3, 0.4) is 0 Å². The van der Waals surface area contributed by atoms with Crippen molar-refractivity contribution in [1.29, 1.82) is 0 Å². The largest absolute Gasteiger partial charge is 0.489 e. The first-order chi connectivity index (χ1) is 25.2. The van der Waals surface area contributed by atoms with Crippen LogP contribution in [0.1, 0.15) is 11.1 Å². The zero-order valence-electron chi connectivity index (χ0n) is 28.2. The highest BCUT2D eigenvalue weighted by Crippen LogP contribution is 2.38. The first-order valence-corrected chi connectivity index (χ1v) is 17.4. The van der Waals surface area contributed by atoms with Gasteiger partial charge in [0.05, 0.1) is 11.0 Å². The summed E-state index contributed by atoms with van der Waals surface area (Å²) in [5, 5.41) is 2.44. The molecule has 9 rings (SSSR count). The van der Waals surface area contributed by atoms with E-state index in [-0.39, 0.29) is 0 Å². The number of hydrogen-bond donors (Lipinski definition) is 0.